The van der Waals surface area contributed by atoms with Crippen molar-refractivity contribution in [1.29, 1.82) is 0 Å². The van der Waals surface area contributed by atoms with Gasteiger partial charge < -0.3 is 4.74 Å². The molecular weight excluding hydrogens is 236 g/mol. The van der Waals surface area contributed by atoms with Crippen molar-refractivity contribution in [3.8, 4) is 5.75 Å². The van der Waals surface area contributed by atoms with Crippen LogP contribution >= 0.6 is 0 Å². The van der Waals surface area contributed by atoms with E-state index < -0.39 is 0 Å². The average molecular weight is 248 g/mol. The van der Waals surface area contributed by atoms with Gasteiger partial charge in [-0.05, 0) is 35.7 Å². The van der Waals surface area contributed by atoms with Gasteiger partial charge in [0.05, 0.1) is 23.7 Å². The van der Waals surface area contributed by atoms with Crippen LogP contribution in [0.5, 0.6) is 5.75 Å². The molecule has 0 aliphatic rings. The summed E-state index contributed by atoms with van der Waals surface area (Å²) in [6.45, 7) is 0. The van der Waals surface area contributed by atoms with Crippen LogP contribution in [0.25, 0.3) is 27.6 Å². The number of benzene rings is 2. The Morgan fingerprint density at radius 1 is 0.947 bits per heavy atom. The van der Waals surface area contributed by atoms with E-state index in [0.29, 0.717) is 0 Å². The molecule has 0 N–H and O–H groups in total. The molecule has 3 heteroatoms. The molecule has 0 fully saturated rings. The number of nitrogens with zero attached hydrogens (tertiary/aromatic N) is 2. The van der Waals surface area contributed by atoms with Gasteiger partial charge in [-0.1, -0.05) is 18.2 Å². The first-order chi connectivity index (χ1) is 9.36. The highest BCUT2D eigenvalue weighted by atomic mass is 16.5. The van der Waals surface area contributed by atoms with E-state index in [0.717, 1.165) is 22.4 Å². The highest BCUT2D eigenvalue weighted by Crippen LogP contribution is 2.25. The Kier molecular flexibility index (Phi) is 2.03. The summed E-state index contributed by atoms with van der Waals surface area (Å²) in [6.07, 6.45) is 0. The SMILES string of the molecule is COc1ccc2c(c1)nc1ccc3ccccc3n12. The van der Waals surface area contributed by atoms with Gasteiger partial charge in [0.2, 0.25) is 0 Å². The zero-order valence-electron chi connectivity index (χ0n) is 10.5. The van der Waals surface area contributed by atoms with Crippen molar-refractivity contribution in [3.63, 3.8) is 0 Å². The van der Waals surface area contributed by atoms with E-state index in [1.165, 1.54) is 10.9 Å². The molecule has 4 rings (SSSR count). The van der Waals surface area contributed by atoms with Gasteiger partial charge >= 0.3 is 0 Å². The zero-order valence-corrected chi connectivity index (χ0v) is 10.5. The molecule has 0 aliphatic heterocycles. The third-order valence-electron chi connectivity index (χ3n) is 3.48. The smallest absolute Gasteiger partial charge is 0.138 e. The minimum absolute atomic E-state index is 0.834. The van der Waals surface area contributed by atoms with Crippen LogP contribution in [0.4, 0.5) is 0 Å². The number of hydrogen-bond acceptors (Lipinski definition) is 2. The molecule has 0 spiro atoms. The van der Waals surface area contributed by atoms with Crippen molar-refractivity contribution < 1.29 is 4.74 Å². The average Bonchev–Trinajstić information content (AvgIpc) is 2.84. The van der Waals surface area contributed by atoms with Crippen LogP contribution in [-0.2, 0) is 0 Å². The topological polar surface area (TPSA) is 26.5 Å². The lowest BCUT2D eigenvalue weighted by molar-refractivity contribution is 0.415. The second-order valence-electron chi connectivity index (χ2n) is 4.55. The van der Waals surface area contributed by atoms with E-state index in [2.05, 4.69) is 51.8 Å². The molecule has 0 amide bonds. The predicted octanol–water partition coefficient (Wildman–Crippen LogP) is 3.65. The first-order valence-corrected chi connectivity index (χ1v) is 6.21. The Morgan fingerprint density at radius 2 is 1.84 bits per heavy atom. The van der Waals surface area contributed by atoms with E-state index in [-0.39, 0.29) is 0 Å². The molecular formula is C16H12N2O. The van der Waals surface area contributed by atoms with Crippen LogP contribution in [0, 0.1) is 0 Å². The van der Waals surface area contributed by atoms with Crippen LogP contribution in [0.1, 0.15) is 0 Å². The van der Waals surface area contributed by atoms with E-state index in [4.69, 9.17) is 4.74 Å². The highest BCUT2D eigenvalue weighted by Gasteiger charge is 2.08. The minimum Gasteiger partial charge on any atom is -0.497 e. The second kappa shape index (κ2) is 3.72. The molecule has 0 saturated heterocycles. The van der Waals surface area contributed by atoms with Gasteiger partial charge in [0.15, 0.2) is 0 Å². The van der Waals surface area contributed by atoms with Crippen LogP contribution in [-0.4, -0.2) is 16.5 Å². The third kappa shape index (κ3) is 1.41. The van der Waals surface area contributed by atoms with Gasteiger partial charge in [0, 0.05) is 6.07 Å². The Bertz CT molecular complexity index is 908. The summed E-state index contributed by atoms with van der Waals surface area (Å²) in [4.78, 5) is 4.66. The summed E-state index contributed by atoms with van der Waals surface area (Å²) in [5, 5.41) is 1.21. The molecule has 19 heavy (non-hydrogen) atoms. The molecule has 2 aromatic heterocycles. The summed E-state index contributed by atoms with van der Waals surface area (Å²) in [7, 11) is 1.67. The molecule has 0 bridgehead atoms. The monoisotopic (exact) mass is 248 g/mol. The van der Waals surface area contributed by atoms with Gasteiger partial charge in [-0.2, -0.15) is 0 Å². The molecule has 0 saturated carbocycles. The van der Waals surface area contributed by atoms with E-state index in [1.54, 1.807) is 7.11 Å². The summed E-state index contributed by atoms with van der Waals surface area (Å²) < 4.78 is 7.44. The lowest BCUT2D eigenvalue weighted by Gasteiger charge is -2.03. The fraction of sp³-hybridized carbons (Fsp3) is 0.0625. The normalized spacial score (nSPS) is 11.4. The van der Waals surface area contributed by atoms with Crippen LogP contribution in [0.2, 0.25) is 0 Å². The van der Waals surface area contributed by atoms with Gasteiger partial charge in [-0.3, -0.25) is 4.40 Å². The highest BCUT2D eigenvalue weighted by molar-refractivity contribution is 5.90. The predicted molar refractivity (Wildman–Crippen MR) is 76.8 cm³/mol. The van der Waals surface area contributed by atoms with Crippen molar-refractivity contribution in [1.82, 2.24) is 9.38 Å². The number of methoxy groups -OCH3 is 1. The van der Waals surface area contributed by atoms with Gasteiger partial charge in [0.25, 0.3) is 0 Å². The Labute approximate surface area is 110 Å². The molecule has 2 aromatic carbocycles. The number of pyridine rings is 1. The first-order valence-electron chi connectivity index (χ1n) is 6.21. The van der Waals surface area contributed by atoms with Gasteiger partial charge in [-0.15, -0.1) is 0 Å². The fourth-order valence-electron chi connectivity index (χ4n) is 2.57. The largest absolute Gasteiger partial charge is 0.497 e. The number of imidazole rings is 1. The lowest BCUT2D eigenvalue weighted by Crippen LogP contribution is -1.87. The maximum atomic E-state index is 5.26. The number of aromatic nitrogens is 2. The summed E-state index contributed by atoms with van der Waals surface area (Å²) in [5.41, 5.74) is 4.19. The summed E-state index contributed by atoms with van der Waals surface area (Å²) in [5.74, 6) is 0.834. The Balaban J connectivity index is 2.23. The molecule has 0 aliphatic carbocycles. The number of ether oxygens (including phenoxy) is 1. The maximum Gasteiger partial charge on any atom is 0.138 e. The van der Waals surface area contributed by atoms with Crippen LogP contribution < -0.4 is 4.74 Å². The Hall–Kier alpha value is -2.55. The Morgan fingerprint density at radius 3 is 2.74 bits per heavy atom. The fourth-order valence-corrected chi connectivity index (χ4v) is 2.57. The lowest BCUT2D eigenvalue weighted by atomic mass is 10.2. The van der Waals surface area contributed by atoms with Gasteiger partial charge in [-0.25, -0.2) is 4.98 Å². The third-order valence-corrected chi connectivity index (χ3v) is 3.48. The van der Waals surface area contributed by atoms with Gasteiger partial charge in [0.1, 0.15) is 11.4 Å². The molecule has 4 aromatic rings. The molecule has 92 valence electrons. The molecule has 0 unspecified atom stereocenters. The van der Waals surface area contributed by atoms with E-state index in [1.807, 2.05) is 12.1 Å². The number of hydrogen-bond donors (Lipinski definition) is 0. The standard InChI is InChI=1S/C16H12N2O/c1-19-12-7-8-15-13(10-12)17-16-9-6-11-4-2-3-5-14(11)18(15)16/h2-10H,1H3. The number of rotatable bonds is 1. The zero-order chi connectivity index (χ0) is 12.8. The number of para-hydroxylation sites is 1. The minimum atomic E-state index is 0.834. The number of fused-ring (bicyclic) bond motifs is 5. The van der Waals surface area contributed by atoms with Crippen molar-refractivity contribution in [2.45, 2.75) is 0 Å². The molecule has 2 heterocycles. The molecule has 0 atom stereocenters. The second-order valence-corrected chi connectivity index (χ2v) is 4.55. The molecule has 0 radical (unpaired) electrons. The van der Waals surface area contributed by atoms with E-state index in [9.17, 15) is 0 Å². The van der Waals surface area contributed by atoms with E-state index >= 15 is 0 Å². The van der Waals surface area contributed by atoms with Crippen LogP contribution in [0.15, 0.2) is 54.6 Å². The quantitative estimate of drug-likeness (QED) is 0.514. The maximum absolute atomic E-state index is 5.26. The first kappa shape index (κ1) is 10.4. The summed E-state index contributed by atoms with van der Waals surface area (Å²) in [6, 6.07) is 18.5. The van der Waals surface area contributed by atoms with Crippen molar-refractivity contribution in [2.24, 2.45) is 0 Å². The summed E-state index contributed by atoms with van der Waals surface area (Å²) >= 11 is 0. The van der Waals surface area contributed by atoms with Crippen molar-refractivity contribution in [3.05, 3.63) is 54.6 Å². The van der Waals surface area contributed by atoms with Crippen LogP contribution in [0.3, 0.4) is 0 Å². The van der Waals surface area contributed by atoms with Crippen molar-refractivity contribution in [2.75, 3.05) is 7.11 Å². The van der Waals surface area contributed by atoms with Crippen molar-refractivity contribution >= 4 is 27.6 Å². The molecule has 3 nitrogen and oxygen atoms in total.